The second kappa shape index (κ2) is 7.38. The second-order valence-corrected chi connectivity index (χ2v) is 5.40. The molecule has 21 heavy (non-hydrogen) atoms. The van der Waals surface area contributed by atoms with Crippen LogP contribution >= 0.6 is 11.6 Å². The lowest BCUT2D eigenvalue weighted by atomic mass is 10.1. The Morgan fingerprint density at radius 3 is 2.33 bits per heavy atom. The number of hydrogen-bond acceptors (Lipinski definition) is 4. The average molecular weight is 306 g/mol. The van der Waals surface area contributed by atoms with Crippen LogP contribution in [0.1, 0.15) is 30.0 Å². The number of benzene rings is 1. The lowest BCUT2D eigenvalue weighted by Gasteiger charge is -2.08. The van der Waals surface area contributed by atoms with E-state index in [0.717, 1.165) is 41.2 Å². The second-order valence-electron chi connectivity index (χ2n) is 5.02. The fourth-order valence-corrected chi connectivity index (χ4v) is 2.08. The van der Waals surface area contributed by atoms with Crippen LogP contribution in [0.15, 0.2) is 24.5 Å². The van der Waals surface area contributed by atoms with E-state index < -0.39 is 0 Å². The number of hydrogen-bond donors (Lipinski definition) is 1. The highest BCUT2D eigenvalue weighted by molar-refractivity contribution is 6.32. The van der Waals surface area contributed by atoms with Crippen LogP contribution in [-0.4, -0.2) is 16.5 Å². The maximum atomic E-state index is 6.14. The van der Waals surface area contributed by atoms with Crippen molar-refractivity contribution in [1.29, 1.82) is 0 Å². The van der Waals surface area contributed by atoms with Crippen molar-refractivity contribution in [3.8, 4) is 11.8 Å². The van der Waals surface area contributed by atoms with Crippen LogP contribution in [0.5, 0.6) is 11.8 Å². The molecule has 112 valence electrons. The van der Waals surface area contributed by atoms with Crippen molar-refractivity contribution in [1.82, 2.24) is 15.3 Å². The Morgan fingerprint density at radius 1 is 1.14 bits per heavy atom. The van der Waals surface area contributed by atoms with Gasteiger partial charge in [0.15, 0.2) is 0 Å². The van der Waals surface area contributed by atoms with Gasteiger partial charge < -0.3 is 10.1 Å². The molecule has 2 rings (SSSR count). The van der Waals surface area contributed by atoms with Crippen molar-refractivity contribution in [2.45, 2.75) is 33.7 Å². The maximum absolute atomic E-state index is 6.14. The summed E-state index contributed by atoms with van der Waals surface area (Å²) in [6, 6.07) is 4.11. The van der Waals surface area contributed by atoms with Crippen LogP contribution in [0.3, 0.4) is 0 Å². The minimum atomic E-state index is 0.343. The molecule has 0 aliphatic heterocycles. The van der Waals surface area contributed by atoms with Gasteiger partial charge in [0.05, 0.1) is 0 Å². The maximum Gasteiger partial charge on any atom is 0.321 e. The Hall–Kier alpha value is -1.65. The third-order valence-electron chi connectivity index (χ3n) is 3.06. The number of nitrogens with zero attached hydrogens (tertiary/aromatic N) is 2. The minimum absolute atomic E-state index is 0.343. The van der Waals surface area contributed by atoms with Crippen molar-refractivity contribution in [3.05, 3.63) is 46.2 Å². The number of ether oxygens (including phenoxy) is 1. The summed E-state index contributed by atoms with van der Waals surface area (Å²) in [5.41, 5.74) is 3.00. The zero-order valence-electron chi connectivity index (χ0n) is 12.6. The van der Waals surface area contributed by atoms with Crippen molar-refractivity contribution in [2.75, 3.05) is 6.54 Å². The summed E-state index contributed by atoms with van der Waals surface area (Å²) in [6.07, 6.45) is 4.67. The molecule has 0 unspecified atom stereocenters. The molecule has 0 aliphatic rings. The smallest absolute Gasteiger partial charge is 0.321 e. The Labute approximate surface area is 130 Å². The van der Waals surface area contributed by atoms with E-state index in [-0.39, 0.29) is 0 Å². The molecule has 0 radical (unpaired) electrons. The Balaban J connectivity index is 2.03. The summed E-state index contributed by atoms with van der Waals surface area (Å²) in [4.78, 5) is 8.46. The molecule has 2 aromatic rings. The van der Waals surface area contributed by atoms with E-state index in [0.29, 0.717) is 11.8 Å². The average Bonchev–Trinajstić information content (AvgIpc) is 2.47. The first-order valence-electron chi connectivity index (χ1n) is 7.06. The topological polar surface area (TPSA) is 47.0 Å². The summed E-state index contributed by atoms with van der Waals surface area (Å²) in [5, 5.41) is 4.07. The van der Waals surface area contributed by atoms with Crippen LogP contribution in [0, 0.1) is 13.8 Å². The molecule has 1 aromatic heterocycles. The summed E-state index contributed by atoms with van der Waals surface area (Å²) in [6.45, 7) is 7.79. The third-order valence-corrected chi connectivity index (χ3v) is 3.65. The van der Waals surface area contributed by atoms with E-state index >= 15 is 0 Å². The molecular formula is C16H20ClN3O. The van der Waals surface area contributed by atoms with Crippen molar-refractivity contribution in [3.63, 3.8) is 0 Å². The minimum Gasteiger partial charge on any atom is -0.424 e. The van der Waals surface area contributed by atoms with Crippen LogP contribution in [0.25, 0.3) is 0 Å². The predicted octanol–water partition coefficient (Wildman–Crippen LogP) is 4.04. The van der Waals surface area contributed by atoms with E-state index in [1.165, 1.54) is 0 Å². The quantitative estimate of drug-likeness (QED) is 0.818. The molecular weight excluding hydrogens is 286 g/mol. The van der Waals surface area contributed by atoms with Gasteiger partial charge in [-0.1, -0.05) is 18.5 Å². The molecule has 0 saturated heterocycles. The Morgan fingerprint density at radius 2 is 1.76 bits per heavy atom. The SMILES string of the molecule is CCCNCc1cnc(Oc2cc(C)c(Cl)c(C)c2)nc1. The molecule has 5 heteroatoms. The Bertz CT molecular complexity index is 576. The van der Waals surface area contributed by atoms with Gasteiger partial charge in [0.2, 0.25) is 0 Å². The fraction of sp³-hybridized carbons (Fsp3) is 0.375. The molecule has 0 amide bonds. The highest BCUT2D eigenvalue weighted by atomic mass is 35.5. The number of aromatic nitrogens is 2. The van der Waals surface area contributed by atoms with Gasteiger partial charge in [-0.05, 0) is 50.1 Å². The first-order valence-corrected chi connectivity index (χ1v) is 7.44. The molecule has 0 spiro atoms. The lowest BCUT2D eigenvalue weighted by molar-refractivity contribution is 0.440. The monoisotopic (exact) mass is 305 g/mol. The highest BCUT2D eigenvalue weighted by Gasteiger charge is 2.06. The van der Waals surface area contributed by atoms with Gasteiger partial charge >= 0.3 is 6.01 Å². The van der Waals surface area contributed by atoms with Crippen LogP contribution < -0.4 is 10.1 Å². The third kappa shape index (κ3) is 4.41. The van der Waals surface area contributed by atoms with E-state index in [1.54, 1.807) is 12.4 Å². The van der Waals surface area contributed by atoms with Crippen LogP contribution in [-0.2, 0) is 6.54 Å². The standard InChI is InChI=1S/C16H20ClN3O/c1-4-5-18-8-13-9-19-16(20-10-13)21-14-6-11(2)15(17)12(3)7-14/h6-7,9-10,18H,4-5,8H2,1-3H3. The van der Waals surface area contributed by atoms with E-state index in [2.05, 4.69) is 22.2 Å². The molecule has 1 aromatic carbocycles. The number of halogens is 1. The molecule has 0 bridgehead atoms. The van der Waals surface area contributed by atoms with Crippen LogP contribution in [0.4, 0.5) is 0 Å². The number of nitrogens with one attached hydrogen (secondary N) is 1. The molecule has 0 saturated carbocycles. The lowest BCUT2D eigenvalue weighted by Crippen LogP contribution is -2.14. The van der Waals surface area contributed by atoms with Gasteiger partial charge in [0, 0.05) is 29.5 Å². The van der Waals surface area contributed by atoms with E-state index in [9.17, 15) is 0 Å². The summed E-state index contributed by atoms with van der Waals surface area (Å²) in [7, 11) is 0. The van der Waals surface area contributed by atoms with Crippen LogP contribution in [0.2, 0.25) is 5.02 Å². The Kier molecular flexibility index (Phi) is 5.53. The van der Waals surface area contributed by atoms with Gasteiger partial charge in [-0.3, -0.25) is 0 Å². The van der Waals surface area contributed by atoms with Gasteiger partial charge in [-0.2, -0.15) is 0 Å². The summed E-state index contributed by atoms with van der Waals surface area (Å²) < 4.78 is 5.67. The van der Waals surface area contributed by atoms with Gasteiger partial charge in [0.1, 0.15) is 5.75 Å². The highest BCUT2D eigenvalue weighted by Crippen LogP contribution is 2.27. The number of aryl methyl sites for hydroxylation is 2. The molecule has 0 aliphatic carbocycles. The largest absolute Gasteiger partial charge is 0.424 e. The molecule has 0 atom stereocenters. The summed E-state index contributed by atoms with van der Waals surface area (Å²) in [5.74, 6) is 0.700. The molecule has 0 fully saturated rings. The van der Waals surface area contributed by atoms with E-state index in [4.69, 9.17) is 16.3 Å². The first-order chi connectivity index (χ1) is 10.1. The predicted molar refractivity (Wildman–Crippen MR) is 85.0 cm³/mol. The van der Waals surface area contributed by atoms with E-state index in [1.807, 2.05) is 26.0 Å². The zero-order valence-corrected chi connectivity index (χ0v) is 13.4. The van der Waals surface area contributed by atoms with Crippen molar-refractivity contribution in [2.24, 2.45) is 0 Å². The molecule has 1 N–H and O–H groups in total. The van der Waals surface area contributed by atoms with Gasteiger partial charge in [0.25, 0.3) is 0 Å². The molecule has 1 heterocycles. The van der Waals surface area contributed by atoms with Gasteiger partial charge in [-0.25, -0.2) is 9.97 Å². The van der Waals surface area contributed by atoms with Crippen molar-refractivity contribution >= 4 is 11.6 Å². The molecule has 4 nitrogen and oxygen atoms in total. The summed E-state index contributed by atoms with van der Waals surface area (Å²) >= 11 is 6.14. The van der Waals surface area contributed by atoms with Crippen molar-refractivity contribution < 1.29 is 4.74 Å². The first kappa shape index (κ1) is 15.7. The zero-order chi connectivity index (χ0) is 15.2. The van der Waals surface area contributed by atoms with Gasteiger partial charge in [-0.15, -0.1) is 0 Å². The fourth-order valence-electron chi connectivity index (χ4n) is 1.97. The number of rotatable bonds is 6. The normalized spacial score (nSPS) is 10.7.